The van der Waals surface area contributed by atoms with Crippen molar-refractivity contribution in [3.8, 4) is 5.75 Å². The molecule has 0 saturated carbocycles. The molecule has 0 heterocycles. The van der Waals surface area contributed by atoms with E-state index in [1.54, 1.807) is 24.3 Å². The summed E-state index contributed by atoms with van der Waals surface area (Å²) in [5.41, 5.74) is 0.841. The molecule has 1 aromatic rings. The van der Waals surface area contributed by atoms with Crippen molar-refractivity contribution < 1.29 is 19.4 Å². The second-order valence-electron chi connectivity index (χ2n) is 3.36. The minimum Gasteiger partial charge on any atom is -0.482 e. The van der Waals surface area contributed by atoms with Crippen molar-refractivity contribution in [3.63, 3.8) is 0 Å². The molecule has 1 N–H and O–H groups in total. The summed E-state index contributed by atoms with van der Waals surface area (Å²) in [5, 5.41) is 9.56. The minimum absolute atomic E-state index is 0.105. The highest BCUT2D eigenvalue weighted by Gasteiger charge is 2.05. The fourth-order valence-corrected chi connectivity index (χ4v) is 1.22. The number of carbonyl (C=O) groups is 1. The van der Waals surface area contributed by atoms with Crippen molar-refractivity contribution in [2.45, 2.75) is 19.4 Å². The first-order valence-corrected chi connectivity index (χ1v) is 5.15. The SMILES string of the molecule is CCC(O)c1ccc(OCC(=O)OC)cc1. The predicted octanol–water partition coefficient (Wildman–Crippen LogP) is 1.68. The van der Waals surface area contributed by atoms with Gasteiger partial charge in [-0.25, -0.2) is 4.79 Å². The quantitative estimate of drug-likeness (QED) is 0.773. The summed E-state index contributed by atoms with van der Waals surface area (Å²) in [6.07, 6.45) is 0.220. The van der Waals surface area contributed by atoms with E-state index in [1.807, 2.05) is 6.92 Å². The first kappa shape index (κ1) is 12.5. The lowest BCUT2D eigenvalue weighted by atomic mass is 10.1. The molecule has 0 spiro atoms. The van der Waals surface area contributed by atoms with Gasteiger partial charge in [0.25, 0.3) is 0 Å². The lowest BCUT2D eigenvalue weighted by molar-refractivity contribution is -0.142. The Bertz CT molecular complexity index is 331. The fraction of sp³-hybridized carbons (Fsp3) is 0.417. The summed E-state index contributed by atoms with van der Waals surface area (Å²) in [6, 6.07) is 7.00. The summed E-state index contributed by atoms with van der Waals surface area (Å²) in [5.74, 6) is 0.162. The standard InChI is InChI=1S/C12H16O4/c1-3-11(13)9-4-6-10(7-5-9)16-8-12(14)15-2/h4-7,11,13H,3,8H2,1-2H3. The molecule has 4 heteroatoms. The monoisotopic (exact) mass is 224 g/mol. The van der Waals surface area contributed by atoms with Crippen molar-refractivity contribution >= 4 is 5.97 Å². The molecule has 0 aliphatic heterocycles. The van der Waals surface area contributed by atoms with Crippen LogP contribution in [0.15, 0.2) is 24.3 Å². The van der Waals surface area contributed by atoms with Crippen LogP contribution in [0.3, 0.4) is 0 Å². The number of esters is 1. The van der Waals surface area contributed by atoms with E-state index in [9.17, 15) is 9.90 Å². The summed E-state index contributed by atoms with van der Waals surface area (Å²) in [4.78, 5) is 10.8. The number of ether oxygens (including phenoxy) is 2. The Balaban J connectivity index is 2.54. The van der Waals surface area contributed by atoms with Crippen LogP contribution in [0.2, 0.25) is 0 Å². The van der Waals surface area contributed by atoms with E-state index >= 15 is 0 Å². The number of aliphatic hydroxyl groups excluding tert-OH is 1. The number of methoxy groups -OCH3 is 1. The highest BCUT2D eigenvalue weighted by molar-refractivity contribution is 5.70. The van der Waals surface area contributed by atoms with E-state index in [0.717, 1.165) is 5.56 Å². The summed E-state index contributed by atoms with van der Waals surface area (Å²) in [7, 11) is 1.31. The van der Waals surface area contributed by atoms with Crippen LogP contribution < -0.4 is 4.74 Å². The third kappa shape index (κ3) is 3.55. The third-order valence-electron chi connectivity index (χ3n) is 2.24. The van der Waals surface area contributed by atoms with Gasteiger partial charge in [0.2, 0.25) is 0 Å². The molecule has 0 bridgehead atoms. The van der Waals surface area contributed by atoms with E-state index in [4.69, 9.17) is 4.74 Å². The van der Waals surface area contributed by atoms with E-state index in [1.165, 1.54) is 7.11 Å². The van der Waals surface area contributed by atoms with Gasteiger partial charge in [0.05, 0.1) is 13.2 Å². The van der Waals surface area contributed by atoms with Gasteiger partial charge >= 0.3 is 5.97 Å². The van der Waals surface area contributed by atoms with Gasteiger partial charge in [0.15, 0.2) is 6.61 Å². The average Bonchev–Trinajstić information content (AvgIpc) is 2.35. The maximum Gasteiger partial charge on any atom is 0.343 e. The van der Waals surface area contributed by atoms with Crippen molar-refractivity contribution in [3.05, 3.63) is 29.8 Å². The molecule has 1 aromatic carbocycles. The van der Waals surface area contributed by atoms with Crippen LogP contribution in [-0.4, -0.2) is 24.8 Å². The van der Waals surface area contributed by atoms with Crippen molar-refractivity contribution in [2.24, 2.45) is 0 Å². The van der Waals surface area contributed by atoms with Gasteiger partial charge in [-0.2, -0.15) is 0 Å². The molecule has 1 rings (SSSR count). The second-order valence-corrected chi connectivity index (χ2v) is 3.36. The molecule has 0 fully saturated rings. The van der Waals surface area contributed by atoms with Gasteiger partial charge in [-0.1, -0.05) is 19.1 Å². The summed E-state index contributed by atoms with van der Waals surface area (Å²) in [6.45, 7) is 1.80. The van der Waals surface area contributed by atoms with Crippen LogP contribution in [-0.2, 0) is 9.53 Å². The lowest BCUT2D eigenvalue weighted by Gasteiger charge is -2.09. The number of hydrogen-bond acceptors (Lipinski definition) is 4. The molecule has 88 valence electrons. The molecule has 16 heavy (non-hydrogen) atoms. The predicted molar refractivity (Wildman–Crippen MR) is 59.2 cm³/mol. The Morgan fingerprint density at radius 1 is 1.38 bits per heavy atom. The first-order valence-electron chi connectivity index (χ1n) is 5.15. The Labute approximate surface area is 94.8 Å². The van der Waals surface area contributed by atoms with Gasteiger partial charge < -0.3 is 14.6 Å². The molecule has 0 aliphatic rings. The van der Waals surface area contributed by atoms with Crippen molar-refractivity contribution in [1.29, 1.82) is 0 Å². The average molecular weight is 224 g/mol. The van der Waals surface area contributed by atoms with Crippen LogP contribution >= 0.6 is 0 Å². The topological polar surface area (TPSA) is 55.8 Å². The van der Waals surface area contributed by atoms with Crippen LogP contribution in [0, 0.1) is 0 Å². The molecule has 4 nitrogen and oxygen atoms in total. The molecule has 1 unspecified atom stereocenters. The van der Waals surface area contributed by atoms with Crippen LogP contribution in [0.4, 0.5) is 0 Å². The van der Waals surface area contributed by atoms with Gasteiger partial charge in [0, 0.05) is 0 Å². The maximum atomic E-state index is 10.8. The highest BCUT2D eigenvalue weighted by atomic mass is 16.6. The zero-order valence-corrected chi connectivity index (χ0v) is 9.47. The number of hydrogen-bond donors (Lipinski definition) is 1. The molecule has 0 aliphatic carbocycles. The molecule has 0 amide bonds. The largest absolute Gasteiger partial charge is 0.482 e. The maximum absolute atomic E-state index is 10.8. The van der Waals surface area contributed by atoms with Crippen LogP contribution in [0.5, 0.6) is 5.75 Å². The van der Waals surface area contributed by atoms with E-state index in [0.29, 0.717) is 12.2 Å². The smallest absolute Gasteiger partial charge is 0.343 e. The Hall–Kier alpha value is -1.55. The van der Waals surface area contributed by atoms with E-state index in [2.05, 4.69) is 4.74 Å². The van der Waals surface area contributed by atoms with Gasteiger partial charge in [0.1, 0.15) is 5.75 Å². The minimum atomic E-state index is -0.449. The molecule has 1 atom stereocenters. The highest BCUT2D eigenvalue weighted by Crippen LogP contribution is 2.19. The van der Waals surface area contributed by atoms with Crippen LogP contribution in [0.1, 0.15) is 25.0 Å². The number of benzene rings is 1. The van der Waals surface area contributed by atoms with E-state index < -0.39 is 12.1 Å². The van der Waals surface area contributed by atoms with Gasteiger partial charge in [-0.3, -0.25) is 0 Å². The lowest BCUT2D eigenvalue weighted by Crippen LogP contribution is -2.12. The van der Waals surface area contributed by atoms with Gasteiger partial charge in [-0.15, -0.1) is 0 Å². The third-order valence-corrected chi connectivity index (χ3v) is 2.24. The molecule has 0 radical (unpaired) electrons. The fourth-order valence-electron chi connectivity index (χ4n) is 1.22. The molecule has 0 saturated heterocycles. The molecule has 0 aromatic heterocycles. The van der Waals surface area contributed by atoms with Gasteiger partial charge in [-0.05, 0) is 24.1 Å². The van der Waals surface area contributed by atoms with E-state index in [-0.39, 0.29) is 6.61 Å². The second kappa shape index (κ2) is 6.12. The van der Waals surface area contributed by atoms with Crippen LogP contribution in [0.25, 0.3) is 0 Å². The normalized spacial score (nSPS) is 11.9. The number of aliphatic hydroxyl groups is 1. The number of carbonyl (C=O) groups excluding carboxylic acids is 1. The van der Waals surface area contributed by atoms with Crippen molar-refractivity contribution in [2.75, 3.05) is 13.7 Å². The first-order chi connectivity index (χ1) is 7.67. The summed E-state index contributed by atoms with van der Waals surface area (Å²) < 4.78 is 9.62. The molecular weight excluding hydrogens is 208 g/mol. The zero-order chi connectivity index (χ0) is 12.0. The Morgan fingerprint density at radius 2 is 2.00 bits per heavy atom. The van der Waals surface area contributed by atoms with Crippen molar-refractivity contribution in [1.82, 2.24) is 0 Å². The summed E-state index contributed by atoms with van der Waals surface area (Å²) >= 11 is 0. The zero-order valence-electron chi connectivity index (χ0n) is 9.47. The Kier molecular flexibility index (Phi) is 4.79. The number of rotatable bonds is 5. The molecular formula is C12H16O4. The Morgan fingerprint density at radius 3 is 2.50 bits per heavy atom.